The lowest BCUT2D eigenvalue weighted by Gasteiger charge is -2.11. The molecule has 1 aromatic carbocycles. The van der Waals surface area contributed by atoms with Crippen LogP contribution < -0.4 is 0 Å². The maximum Gasteiger partial charge on any atom is 0.200 e. The summed E-state index contributed by atoms with van der Waals surface area (Å²) < 4.78 is 66.6. The Morgan fingerprint density at radius 1 is 0.684 bits per heavy atom. The monoisotopic (exact) mass is 276 g/mol. The van der Waals surface area contributed by atoms with Crippen LogP contribution in [0.2, 0.25) is 0 Å². The van der Waals surface area contributed by atoms with Crippen LogP contribution in [0, 0.1) is 29.1 Å². The average Bonchev–Trinajstić information content (AvgIpc) is 2.32. The van der Waals surface area contributed by atoms with Gasteiger partial charge in [0.25, 0.3) is 0 Å². The van der Waals surface area contributed by atoms with Gasteiger partial charge in [-0.05, 0) is 33.3 Å². The number of halogens is 5. The van der Waals surface area contributed by atoms with Crippen molar-refractivity contribution in [2.24, 2.45) is 0 Å². The Hall–Kier alpha value is -1.65. The second-order valence-electron chi connectivity index (χ2n) is 4.58. The maximum atomic E-state index is 13.7. The topological polar surface area (TPSA) is 0 Å². The highest BCUT2D eigenvalue weighted by atomic mass is 19.2. The Balaban J connectivity index is 3.78. The van der Waals surface area contributed by atoms with E-state index in [4.69, 9.17) is 0 Å². The summed E-state index contributed by atoms with van der Waals surface area (Å²) in [5, 5.41) is 0. The van der Waals surface area contributed by atoms with Crippen molar-refractivity contribution in [1.29, 1.82) is 0 Å². The third-order valence-corrected chi connectivity index (χ3v) is 2.45. The molecule has 0 aromatic heterocycles. The fourth-order valence-corrected chi connectivity index (χ4v) is 1.60. The van der Waals surface area contributed by atoms with Gasteiger partial charge < -0.3 is 0 Å². The van der Waals surface area contributed by atoms with Crippen LogP contribution in [0.5, 0.6) is 0 Å². The molecule has 1 rings (SSSR count). The fourth-order valence-electron chi connectivity index (χ4n) is 1.60. The standard InChI is InChI=1S/C14H13F5/c1-6(2)5-8(7(3)4)9-10(15)12(17)14(19)13(18)11(9)16/h5H,1-4H3. The Kier molecular flexibility index (Phi) is 4.50. The average molecular weight is 276 g/mol. The van der Waals surface area contributed by atoms with E-state index in [9.17, 15) is 22.0 Å². The highest BCUT2D eigenvalue weighted by molar-refractivity contribution is 5.77. The van der Waals surface area contributed by atoms with Crippen molar-refractivity contribution in [2.45, 2.75) is 27.7 Å². The zero-order valence-electron chi connectivity index (χ0n) is 11.0. The number of hydrogen-bond acceptors (Lipinski definition) is 0. The lowest BCUT2D eigenvalue weighted by molar-refractivity contribution is 0.376. The van der Waals surface area contributed by atoms with Gasteiger partial charge in [0.05, 0.1) is 5.56 Å². The second-order valence-corrected chi connectivity index (χ2v) is 4.58. The lowest BCUT2D eigenvalue weighted by atomic mass is 9.97. The van der Waals surface area contributed by atoms with E-state index >= 15 is 0 Å². The van der Waals surface area contributed by atoms with Crippen molar-refractivity contribution in [3.63, 3.8) is 0 Å². The van der Waals surface area contributed by atoms with Crippen molar-refractivity contribution in [3.8, 4) is 0 Å². The normalized spacial score (nSPS) is 10.4. The molecule has 104 valence electrons. The summed E-state index contributed by atoms with van der Waals surface area (Å²) in [6, 6.07) is 0. The zero-order valence-corrected chi connectivity index (χ0v) is 11.0. The van der Waals surface area contributed by atoms with E-state index < -0.39 is 34.6 Å². The number of hydrogen-bond donors (Lipinski definition) is 0. The van der Waals surface area contributed by atoms with Crippen molar-refractivity contribution < 1.29 is 22.0 Å². The second kappa shape index (κ2) is 5.55. The number of allylic oxidation sites excluding steroid dienone is 4. The van der Waals surface area contributed by atoms with E-state index in [2.05, 4.69) is 0 Å². The first-order chi connectivity index (χ1) is 8.68. The molecule has 0 saturated carbocycles. The van der Waals surface area contributed by atoms with Gasteiger partial charge in [-0.3, -0.25) is 0 Å². The van der Waals surface area contributed by atoms with Gasteiger partial charge in [-0.25, -0.2) is 22.0 Å². The molecule has 0 atom stereocenters. The van der Waals surface area contributed by atoms with Gasteiger partial charge in [-0.2, -0.15) is 0 Å². The fraction of sp³-hybridized carbons (Fsp3) is 0.286. The van der Waals surface area contributed by atoms with Crippen molar-refractivity contribution in [3.05, 3.63) is 51.9 Å². The SMILES string of the molecule is CC(C)=CC(=C(C)C)c1c(F)c(F)c(F)c(F)c1F. The highest BCUT2D eigenvalue weighted by Gasteiger charge is 2.27. The molecule has 0 aliphatic rings. The van der Waals surface area contributed by atoms with Crippen molar-refractivity contribution in [2.75, 3.05) is 0 Å². The summed E-state index contributed by atoms with van der Waals surface area (Å²) in [6.07, 6.45) is 1.38. The molecule has 0 radical (unpaired) electrons. The lowest BCUT2D eigenvalue weighted by Crippen LogP contribution is -2.07. The maximum absolute atomic E-state index is 13.7. The highest BCUT2D eigenvalue weighted by Crippen LogP contribution is 2.31. The molecule has 0 bridgehead atoms. The Morgan fingerprint density at radius 2 is 1.05 bits per heavy atom. The molecular formula is C14H13F5. The molecule has 0 fully saturated rings. The Bertz CT molecular complexity index is 545. The van der Waals surface area contributed by atoms with E-state index in [1.807, 2.05) is 0 Å². The molecule has 19 heavy (non-hydrogen) atoms. The van der Waals surface area contributed by atoms with Crippen LogP contribution >= 0.6 is 0 Å². The molecule has 0 saturated heterocycles. The van der Waals surface area contributed by atoms with Gasteiger partial charge in [0.15, 0.2) is 23.3 Å². The minimum atomic E-state index is -2.15. The molecule has 0 nitrogen and oxygen atoms in total. The summed E-state index contributed by atoms with van der Waals surface area (Å²) in [5.41, 5.74) is 0.231. The Morgan fingerprint density at radius 3 is 1.37 bits per heavy atom. The molecule has 0 unspecified atom stereocenters. The molecule has 5 heteroatoms. The quantitative estimate of drug-likeness (QED) is 0.303. The van der Waals surface area contributed by atoms with Crippen molar-refractivity contribution in [1.82, 2.24) is 0 Å². The predicted octanol–water partition coefficient (Wildman–Crippen LogP) is 5.14. The van der Waals surface area contributed by atoms with E-state index in [0.29, 0.717) is 11.1 Å². The van der Waals surface area contributed by atoms with Gasteiger partial charge in [0.2, 0.25) is 5.82 Å². The van der Waals surface area contributed by atoms with E-state index in [-0.39, 0.29) is 5.57 Å². The zero-order chi connectivity index (χ0) is 14.9. The minimum Gasteiger partial charge on any atom is -0.203 e. The molecule has 0 heterocycles. The van der Waals surface area contributed by atoms with Gasteiger partial charge >= 0.3 is 0 Å². The van der Waals surface area contributed by atoms with Crippen LogP contribution in [0.25, 0.3) is 5.57 Å². The van der Waals surface area contributed by atoms with Crippen LogP contribution in [-0.2, 0) is 0 Å². The summed E-state index contributed by atoms with van der Waals surface area (Å²) in [4.78, 5) is 0. The third-order valence-electron chi connectivity index (χ3n) is 2.45. The van der Waals surface area contributed by atoms with Crippen LogP contribution in [0.4, 0.5) is 22.0 Å². The molecule has 1 aromatic rings. The van der Waals surface area contributed by atoms with E-state index in [1.54, 1.807) is 13.8 Å². The van der Waals surface area contributed by atoms with Crippen LogP contribution in [0.1, 0.15) is 33.3 Å². The Labute approximate surface area is 108 Å². The predicted molar refractivity (Wildman–Crippen MR) is 63.9 cm³/mol. The third kappa shape index (κ3) is 2.85. The molecule has 0 aliphatic heterocycles. The minimum absolute atomic E-state index is 0.00667. The first kappa shape index (κ1) is 15.4. The molecule has 0 spiro atoms. The van der Waals surface area contributed by atoms with Crippen LogP contribution in [-0.4, -0.2) is 0 Å². The smallest absolute Gasteiger partial charge is 0.200 e. The van der Waals surface area contributed by atoms with Gasteiger partial charge in [-0.1, -0.05) is 17.2 Å². The number of benzene rings is 1. The van der Waals surface area contributed by atoms with Crippen molar-refractivity contribution >= 4 is 5.57 Å². The molecular weight excluding hydrogens is 263 g/mol. The van der Waals surface area contributed by atoms with Crippen LogP contribution in [0.3, 0.4) is 0 Å². The first-order valence-corrected chi connectivity index (χ1v) is 5.52. The van der Waals surface area contributed by atoms with Crippen LogP contribution in [0.15, 0.2) is 17.2 Å². The summed E-state index contributed by atoms with van der Waals surface area (Å²) in [6.45, 7) is 6.39. The van der Waals surface area contributed by atoms with E-state index in [1.165, 1.54) is 19.9 Å². The van der Waals surface area contributed by atoms with Gasteiger partial charge in [-0.15, -0.1) is 0 Å². The van der Waals surface area contributed by atoms with Gasteiger partial charge in [0.1, 0.15) is 0 Å². The number of rotatable bonds is 2. The van der Waals surface area contributed by atoms with E-state index in [0.717, 1.165) is 0 Å². The molecule has 0 amide bonds. The summed E-state index contributed by atoms with van der Waals surface area (Å²) >= 11 is 0. The largest absolute Gasteiger partial charge is 0.203 e. The summed E-state index contributed by atoms with van der Waals surface area (Å²) in [7, 11) is 0. The molecule has 0 N–H and O–H groups in total. The van der Waals surface area contributed by atoms with Gasteiger partial charge in [0, 0.05) is 0 Å². The first-order valence-electron chi connectivity index (χ1n) is 5.52. The molecule has 0 aliphatic carbocycles. The summed E-state index contributed by atoms with van der Waals surface area (Å²) in [5.74, 6) is -9.65.